The number of carbonyl (C=O) groups is 6. The lowest BCUT2D eigenvalue weighted by Crippen LogP contribution is -2.49. The summed E-state index contributed by atoms with van der Waals surface area (Å²) >= 11 is 3.09. The van der Waals surface area contributed by atoms with Crippen LogP contribution >= 0.6 is 46.1 Å². The molecule has 0 aromatic carbocycles. The molecular formula is C62H97N13O23S8. The van der Waals surface area contributed by atoms with E-state index in [2.05, 4.69) is 33.4 Å². The highest BCUT2D eigenvalue weighted by molar-refractivity contribution is 7.96. The van der Waals surface area contributed by atoms with Crippen LogP contribution in [0.15, 0.2) is 29.0 Å². The van der Waals surface area contributed by atoms with Gasteiger partial charge in [0.2, 0.25) is 21.7 Å². The molecule has 2 fully saturated rings. The Balaban J connectivity index is 0.000000297. The van der Waals surface area contributed by atoms with Crippen LogP contribution in [0.25, 0.3) is 0 Å². The van der Waals surface area contributed by atoms with Crippen molar-refractivity contribution in [1.29, 1.82) is 0 Å². The topological polar surface area (TPSA) is 461 Å². The van der Waals surface area contributed by atoms with Crippen molar-refractivity contribution in [3.05, 3.63) is 23.3 Å². The number of morpholine rings is 2. The first-order valence-corrected chi connectivity index (χ1v) is 43.3. The van der Waals surface area contributed by atoms with Crippen LogP contribution in [-0.4, -0.2) is 256 Å². The molecule has 4 aromatic rings. The predicted molar refractivity (Wildman–Crippen MR) is 390 cm³/mol. The van der Waals surface area contributed by atoms with Gasteiger partial charge in [0.1, 0.15) is 42.3 Å². The Labute approximate surface area is 634 Å². The van der Waals surface area contributed by atoms with Crippen LogP contribution in [0.5, 0.6) is 11.8 Å². The van der Waals surface area contributed by atoms with Gasteiger partial charge in [0.25, 0.3) is 43.6 Å². The van der Waals surface area contributed by atoms with E-state index in [1.807, 2.05) is 63.0 Å². The molecule has 2 saturated heterocycles. The van der Waals surface area contributed by atoms with Gasteiger partial charge in [-0.15, -0.1) is 31.4 Å². The Morgan fingerprint density at radius 1 is 0.689 bits per heavy atom. The van der Waals surface area contributed by atoms with Gasteiger partial charge in [0.15, 0.2) is 22.0 Å². The number of sulfone groups is 1. The third-order valence-electron chi connectivity index (χ3n) is 16.5. The van der Waals surface area contributed by atoms with Gasteiger partial charge in [-0.1, -0.05) is 6.92 Å². The number of hydrogen-bond acceptors (Lipinski definition) is 36. The van der Waals surface area contributed by atoms with Gasteiger partial charge in [-0.05, 0) is 101 Å². The summed E-state index contributed by atoms with van der Waals surface area (Å²) in [4.78, 5) is 83.1. The number of fused-ring (bicyclic) bond motifs is 2. The van der Waals surface area contributed by atoms with Crippen LogP contribution in [-0.2, 0) is 102 Å². The van der Waals surface area contributed by atoms with E-state index in [1.165, 1.54) is 42.3 Å². The molecule has 0 saturated carbocycles. The quantitative estimate of drug-likeness (QED) is 0.0251. The molecule has 36 nitrogen and oxygen atoms in total. The number of rotatable bonds is 35. The fourth-order valence-electron chi connectivity index (χ4n) is 10.9. The number of anilines is 2. The number of nitrogens with zero attached hydrogens (tertiary/aromatic N) is 8. The third kappa shape index (κ3) is 24.8. The van der Waals surface area contributed by atoms with Crippen molar-refractivity contribution in [3.63, 3.8) is 0 Å². The molecule has 106 heavy (non-hydrogen) atoms. The number of likely N-dealkylation sites (N-methyl/N-ethyl adjacent to an activating group) is 1. The first-order chi connectivity index (χ1) is 49.8. The monoisotopic (exact) mass is 1650 g/mol. The largest absolute Gasteiger partial charge is 0.470 e. The lowest BCUT2D eigenvalue weighted by Gasteiger charge is -2.39. The summed E-state index contributed by atoms with van der Waals surface area (Å²) in [7, 11) is -15.1. The minimum Gasteiger partial charge on any atom is -0.470 e. The summed E-state index contributed by atoms with van der Waals surface area (Å²) in [6, 6.07) is 1.15. The van der Waals surface area contributed by atoms with E-state index >= 15 is 0 Å². The van der Waals surface area contributed by atoms with Crippen molar-refractivity contribution in [2.24, 2.45) is 5.14 Å². The zero-order valence-corrected chi connectivity index (χ0v) is 67.8. The van der Waals surface area contributed by atoms with Gasteiger partial charge in [-0.3, -0.25) is 28.8 Å². The van der Waals surface area contributed by atoms with E-state index in [4.69, 9.17) is 47.8 Å². The predicted octanol–water partition coefficient (Wildman–Crippen LogP) is 2.65. The highest BCUT2D eigenvalue weighted by Gasteiger charge is 2.45. The Morgan fingerprint density at radius 2 is 1.16 bits per heavy atom. The lowest BCUT2D eigenvalue weighted by molar-refractivity contribution is -0.162. The van der Waals surface area contributed by atoms with E-state index < -0.39 is 118 Å². The molecule has 8 heterocycles. The summed E-state index contributed by atoms with van der Waals surface area (Å²) in [5.74, 6) is -3.16. The van der Waals surface area contributed by atoms with E-state index in [1.54, 1.807) is 13.8 Å². The molecule has 2 amide bonds. The molecule has 0 aliphatic carbocycles. The highest BCUT2D eigenvalue weighted by Crippen LogP contribution is 2.44. The Kier molecular flexibility index (Phi) is 31.8. The number of aromatic nitrogens is 4. The normalized spacial score (nSPS) is 19.3. The standard InChI is InChI=1S/C32H51N7O12S4.C30H46N6O11S4/c1-7-39(24-19-38(11-8-14-47-6)55(45,46)31-23(24)17-27(52-31)54(33,43)44)30(42)21(2)50-25(40)9-10-26(41)51-22(18-34-32(3,4)5)20-49-29-28(35-53-36-29)37-12-15-48-16-13-37;1-7-31-22-14-18(2)50(40,41)29-21(22)15-25(48-29)51(42,43)35-27(39)19(3)46-23(37)8-9-24(38)47-20(16-32-30(4,5)6)17-45-28-26(33-49-34-28)36-10-12-44-13-11-36/h17,21-22,24,34H,7-16,18-20H2,1-6H3,(H2,33,43,44);15,18-20,22,31-32H,7-14,16-17H2,1-6H3,(H,35,39)/t21?,22?,24-;18-,19?,20?,22-/m11/s1. The fraction of sp³-hybridized carbons (Fsp3) is 0.710. The average Bonchev–Trinajstić information content (AvgIpc) is 1.55. The molecule has 4 aliphatic rings. The Morgan fingerprint density at radius 3 is 1.62 bits per heavy atom. The second-order valence-corrected chi connectivity index (χ2v) is 38.6. The number of thiophene rings is 2. The number of esters is 4. The second kappa shape index (κ2) is 38.6. The maximum Gasteiger partial charge on any atom is 0.307 e. The maximum absolute atomic E-state index is 13.8. The molecule has 4 unspecified atom stereocenters. The van der Waals surface area contributed by atoms with Gasteiger partial charge >= 0.3 is 23.9 Å². The van der Waals surface area contributed by atoms with Crippen LogP contribution in [0.2, 0.25) is 0 Å². The summed E-state index contributed by atoms with van der Waals surface area (Å²) in [6.07, 6.45) is -5.30. The van der Waals surface area contributed by atoms with Crippen LogP contribution in [0.1, 0.15) is 138 Å². The van der Waals surface area contributed by atoms with E-state index in [9.17, 15) is 62.4 Å². The molecule has 8 rings (SSSR count). The fourth-order valence-corrected chi connectivity index (χ4v) is 21.3. The third-order valence-corrected chi connectivity index (χ3v) is 28.2. The number of ether oxygens (including phenoxy) is 9. The van der Waals surface area contributed by atoms with Crippen molar-refractivity contribution in [3.8, 4) is 11.8 Å². The van der Waals surface area contributed by atoms with E-state index in [0.29, 0.717) is 117 Å². The summed E-state index contributed by atoms with van der Waals surface area (Å²) in [5, 5.41) is 14.4. The van der Waals surface area contributed by atoms with E-state index in [0.717, 1.165) is 23.5 Å². The van der Waals surface area contributed by atoms with Crippen molar-refractivity contribution >= 4 is 133 Å². The molecule has 7 atom stereocenters. The number of amides is 2. The summed E-state index contributed by atoms with van der Waals surface area (Å²) in [5.41, 5.74) is -0.154. The smallest absolute Gasteiger partial charge is 0.307 e. The number of carbonyl (C=O) groups excluding carboxylic acids is 6. The van der Waals surface area contributed by atoms with Gasteiger partial charge in [-0.2, -0.15) is 13.1 Å². The molecule has 44 heteroatoms. The van der Waals surface area contributed by atoms with E-state index in [-0.39, 0.29) is 118 Å². The maximum atomic E-state index is 13.8. The number of sulfonamides is 3. The Hall–Kier alpha value is -5.98. The number of hydrogen-bond donors (Lipinski definition) is 5. The van der Waals surface area contributed by atoms with Crippen LogP contribution < -0.4 is 45.1 Å². The molecule has 0 spiro atoms. The molecule has 596 valence electrons. The van der Waals surface area contributed by atoms with Crippen molar-refractivity contribution in [2.45, 2.75) is 184 Å². The first-order valence-electron chi connectivity index (χ1n) is 34.2. The Bertz CT molecular complexity index is 4110. The minimum atomic E-state index is -4.50. The minimum absolute atomic E-state index is 0.0305. The molecule has 0 radical (unpaired) electrons. The highest BCUT2D eigenvalue weighted by atomic mass is 32.3. The van der Waals surface area contributed by atoms with Crippen molar-refractivity contribution < 1.29 is 105 Å². The van der Waals surface area contributed by atoms with Crippen LogP contribution in [0.4, 0.5) is 11.6 Å². The molecule has 4 aromatic heterocycles. The SMILES string of the molecule is CCN(C(=O)C(C)OC(=O)CCC(=O)OC(CNC(C)(C)C)COc1nsnc1N1CCOCC1)[C@@H]1CN(CCCOC)S(=O)(=O)c2sc(S(N)(=O)=O)cc21.CCN[C@@H]1C[C@@H](C)S(=O)(=O)c2sc(S(=O)(=O)NC(=O)C(C)OC(=O)CCC(=O)OC(CNC(C)(C)C)COc3nsnc3N3CCOCC3)cc21. The zero-order chi connectivity index (χ0) is 78.1. The lowest BCUT2D eigenvalue weighted by atomic mass is 10.1. The van der Waals surface area contributed by atoms with Gasteiger partial charge < -0.3 is 73.3 Å². The van der Waals surface area contributed by atoms with Gasteiger partial charge in [0, 0.05) is 101 Å². The molecule has 6 N–H and O–H groups in total. The number of nitrogens with one attached hydrogen (secondary N) is 4. The molecular weight excluding hydrogens is 1550 g/mol. The zero-order valence-electron chi connectivity index (χ0n) is 61.3. The second-order valence-electron chi connectivity index (χ2n) is 27.0. The average molecular weight is 1650 g/mol. The summed E-state index contributed by atoms with van der Waals surface area (Å²) < 4.78 is 172. The number of primary sulfonamides is 1. The summed E-state index contributed by atoms with van der Waals surface area (Å²) in [6.45, 7) is 25.3. The van der Waals surface area contributed by atoms with Crippen molar-refractivity contribution in [1.82, 2.24) is 47.4 Å². The van der Waals surface area contributed by atoms with Crippen LogP contribution in [0, 0.1) is 0 Å². The van der Waals surface area contributed by atoms with Gasteiger partial charge in [0.05, 0.1) is 86.9 Å². The molecule has 4 aliphatic heterocycles. The molecule has 0 bridgehead atoms. The first kappa shape index (κ1) is 87.2. The number of methoxy groups -OCH3 is 1. The van der Waals surface area contributed by atoms with Gasteiger partial charge in [-0.25, -0.2) is 43.5 Å². The number of nitrogens with two attached hydrogens (primary N) is 1. The van der Waals surface area contributed by atoms with Crippen LogP contribution in [0.3, 0.4) is 0 Å². The van der Waals surface area contributed by atoms with Crippen molar-refractivity contribution in [2.75, 3.05) is 129 Å².